The molecule has 0 N–H and O–H groups in total. The van der Waals surface area contributed by atoms with Gasteiger partial charge in [0.15, 0.2) is 0 Å². The summed E-state index contributed by atoms with van der Waals surface area (Å²) in [6.07, 6.45) is 2.66. The van der Waals surface area contributed by atoms with Gasteiger partial charge in [-0.05, 0) is 33.6 Å². The van der Waals surface area contributed by atoms with Crippen molar-refractivity contribution in [2.24, 2.45) is 0 Å². The number of nitrogens with zero attached hydrogens (tertiary/aromatic N) is 1. The van der Waals surface area contributed by atoms with Gasteiger partial charge in [-0.3, -0.25) is 4.98 Å². The molecule has 2 nitrogen and oxygen atoms in total. The van der Waals surface area contributed by atoms with Crippen LogP contribution in [0, 0.1) is 0 Å². The molecule has 0 aliphatic carbocycles. The normalized spacial score (nSPS) is 10.4. The number of pyridine rings is 1. The lowest BCUT2D eigenvalue weighted by Gasteiger charge is -2.04. The molecule has 1 heterocycles. The predicted octanol–water partition coefficient (Wildman–Crippen LogP) is 3.60. The summed E-state index contributed by atoms with van der Waals surface area (Å²) in [7, 11) is 0. The molecular weight excluding hydrogens is 278 g/mol. The fourth-order valence-electron chi connectivity index (χ4n) is 1.50. The summed E-state index contributed by atoms with van der Waals surface area (Å²) < 4.78 is 6.61. The van der Waals surface area contributed by atoms with Crippen molar-refractivity contribution in [3.63, 3.8) is 0 Å². The Bertz CT molecular complexity index is 442. The lowest BCUT2D eigenvalue weighted by molar-refractivity contribution is 0.123. The number of benzene rings is 1. The van der Waals surface area contributed by atoms with Crippen LogP contribution in [0.15, 0.2) is 53.1 Å². The molecule has 0 saturated heterocycles. The molecule has 0 unspecified atom stereocenters. The van der Waals surface area contributed by atoms with E-state index in [0.717, 1.165) is 16.6 Å². The van der Waals surface area contributed by atoms with Gasteiger partial charge in [0.2, 0.25) is 0 Å². The van der Waals surface area contributed by atoms with Crippen LogP contribution >= 0.6 is 15.9 Å². The molecular formula is C14H14BrNO. The second-order valence-corrected chi connectivity index (χ2v) is 4.67. The second-order valence-electron chi connectivity index (χ2n) is 3.76. The number of rotatable bonds is 5. The van der Waals surface area contributed by atoms with Gasteiger partial charge in [-0.15, -0.1) is 0 Å². The summed E-state index contributed by atoms with van der Waals surface area (Å²) in [5, 5.41) is 0. The summed E-state index contributed by atoms with van der Waals surface area (Å²) in [5.74, 6) is 0. The maximum absolute atomic E-state index is 5.60. The third kappa shape index (κ3) is 4.29. The molecule has 17 heavy (non-hydrogen) atoms. The van der Waals surface area contributed by atoms with E-state index < -0.39 is 0 Å². The van der Waals surface area contributed by atoms with Gasteiger partial charge in [0.05, 0.1) is 13.2 Å². The van der Waals surface area contributed by atoms with Gasteiger partial charge in [0.1, 0.15) is 0 Å². The zero-order chi connectivity index (χ0) is 11.9. The summed E-state index contributed by atoms with van der Waals surface area (Å²) in [5.41, 5.74) is 2.26. The van der Waals surface area contributed by atoms with E-state index in [-0.39, 0.29) is 0 Å². The van der Waals surface area contributed by atoms with E-state index in [1.807, 2.05) is 36.5 Å². The van der Waals surface area contributed by atoms with Crippen LogP contribution in [-0.4, -0.2) is 11.6 Å². The number of halogens is 1. The van der Waals surface area contributed by atoms with Crippen LogP contribution in [-0.2, 0) is 17.8 Å². The Kier molecular flexibility index (Phi) is 4.71. The molecule has 2 rings (SSSR count). The highest BCUT2D eigenvalue weighted by Gasteiger charge is 1.96. The van der Waals surface area contributed by atoms with Gasteiger partial charge < -0.3 is 4.74 Å². The number of ether oxygens (including phenoxy) is 1. The largest absolute Gasteiger partial charge is 0.376 e. The quantitative estimate of drug-likeness (QED) is 0.785. The van der Waals surface area contributed by atoms with E-state index in [9.17, 15) is 0 Å². The Morgan fingerprint density at radius 3 is 2.59 bits per heavy atom. The average molecular weight is 292 g/mol. The van der Waals surface area contributed by atoms with Crippen molar-refractivity contribution in [1.29, 1.82) is 0 Å². The molecule has 0 spiro atoms. The first-order valence-corrected chi connectivity index (χ1v) is 6.36. The maximum Gasteiger partial charge on any atom is 0.0717 e. The van der Waals surface area contributed by atoms with Crippen LogP contribution in [0.5, 0.6) is 0 Å². The van der Waals surface area contributed by atoms with Crippen molar-refractivity contribution in [2.45, 2.75) is 13.0 Å². The summed E-state index contributed by atoms with van der Waals surface area (Å²) in [6, 6.07) is 14.2. The van der Waals surface area contributed by atoms with Crippen molar-refractivity contribution in [2.75, 3.05) is 6.61 Å². The van der Waals surface area contributed by atoms with Gasteiger partial charge in [-0.25, -0.2) is 0 Å². The number of hydrogen-bond acceptors (Lipinski definition) is 2. The summed E-state index contributed by atoms with van der Waals surface area (Å²) in [4.78, 5) is 4.30. The highest BCUT2D eigenvalue weighted by atomic mass is 79.9. The van der Waals surface area contributed by atoms with Crippen LogP contribution in [0.1, 0.15) is 11.3 Å². The van der Waals surface area contributed by atoms with E-state index in [0.29, 0.717) is 13.2 Å². The Balaban J connectivity index is 1.71. The van der Waals surface area contributed by atoms with E-state index in [4.69, 9.17) is 4.74 Å². The molecule has 2 aromatic rings. The van der Waals surface area contributed by atoms with Gasteiger partial charge in [0, 0.05) is 22.8 Å². The molecule has 88 valence electrons. The minimum absolute atomic E-state index is 0.664. The molecule has 0 aliphatic heterocycles. The zero-order valence-electron chi connectivity index (χ0n) is 9.47. The van der Waals surface area contributed by atoms with Crippen molar-refractivity contribution < 1.29 is 4.74 Å². The Morgan fingerprint density at radius 1 is 1.06 bits per heavy atom. The van der Waals surface area contributed by atoms with Crippen LogP contribution < -0.4 is 0 Å². The van der Waals surface area contributed by atoms with Gasteiger partial charge in [0.25, 0.3) is 0 Å². The minimum Gasteiger partial charge on any atom is -0.376 e. The third-order valence-electron chi connectivity index (χ3n) is 2.40. The van der Waals surface area contributed by atoms with Crippen molar-refractivity contribution >= 4 is 15.9 Å². The monoisotopic (exact) mass is 291 g/mol. The first-order chi connectivity index (χ1) is 8.34. The standard InChI is InChI=1S/C14H14BrNO/c15-13-6-7-14(16-10-13)8-9-17-11-12-4-2-1-3-5-12/h1-7,10H,8-9,11H2. The SMILES string of the molecule is Brc1ccc(CCOCc2ccccc2)nc1. The summed E-state index contributed by atoms with van der Waals surface area (Å²) >= 11 is 3.36. The van der Waals surface area contributed by atoms with E-state index in [1.165, 1.54) is 5.56 Å². The van der Waals surface area contributed by atoms with Crippen LogP contribution in [0.4, 0.5) is 0 Å². The van der Waals surface area contributed by atoms with Gasteiger partial charge in [-0.2, -0.15) is 0 Å². The van der Waals surface area contributed by atoms with Crippen molar-refractivity contribution in [3.8, 4) is 0 Å². The zero-order valence-corrected chi connectivity index (χ0v) is 11.1. The smallest absolute Gasteiger partial charge is 0.0717 e. The first kappa shape index (κ1) is 12.3. The average Bonchev–Trinajstić information content (AvgIpc) is 2.38. The van der Waals surface area contributed by atoms with Gasteiger partial charge >= 0.3 is 0 Å². The van der Waals surface area contributed by atoms with E-state index in [2.05, 4.69) is 33.0 Å². The molecule has 0 saturated carbocycles. The third-order valence-corrected chi connectivity index (χ3v) is 2.87. The van der Waals surface area contributed by atoms with E-state index in [1.54, 1.807) is 0 Å². The fraction of sp³-hybridized carbons (Fsp3) is 0.214. The first-order valence-electron chi connectivity index (χ1n) is 5.57. The van der Waals surface area contributed by atoms with Crippen molar-refractivity contribution in [3.05, 3.63) is 64.4 Å². The number of aromatic nitrogens is 1. The predicted molar refractivity (Wildman–Crippen MR) is 71.7 cm³/mol. The molecule has 0 radical (unpaired) electrons. The van der Waals surface area contributed by atoms with Crippen molar-refractivity contribution in [1.82, 2.24) is 4.98 Å². The minimum atomic E-state index is 0.664. The van der Waals surface area contributed by atoms with Crippen LogP contribution in [0.2, 0.25) is 0 Å². The Hall–Kier alpha value is -1.19. The Morgan fingerprint density at radius 2 is 1.88 bits per heavy atom. The molecule has 1 aromatic heterocycles. The summed E-state index contributed by atoms with van der Waals surface area (Å²) in [6.45, 7) is 1.36. The molecule has 0 amide bonds. The second kappa shape index (κ2) is 6.52. The molecule has 3 heteroatoms. The molecule has 0 aliphatic rings. The molecule has 0 atom stereocenters. The number of hydrogen-bond donors (Lipinski definition) is 0. The van der Waals surface area contributed by atoms with Crippen LogP contribution in [0.3, 0.4) is 0 Å². The maximum atomic E-state index is 5.60. The highest BCUT2D eigenvalue weighted by Crippen LogP contribution is 2.08. The van der Waals surface area contributed by atoms with E-state index >= 15 is 0 Å². The molecule has 0 bridgehead atoms. The van der Waals surface area contributed by atoms with Crippen LogP contribution in [0.25, 0.3) is 0 Å². The fourth-order valence-corrected chi connectivity index (χ4v) is 1.73. The lowest BCUT2D eigenvalue weighted by Crippen LogP contribution is -2.00. The topological polar surface area (TPSA) is 22.1 Å². The molecule has 0 fully saturated rings. The highest BCUT2D eigenvalue weighted by molar-refractivity contribution is 9.10. The Labute approximate surface area is 110 Å². The molecule has 1 aromatic carbocycles. The van der Waals surface area contributed by atoms with Gasteiger partial charge in [-0.1, -0.05) is 30.3 Å². The lowest BCUT2D eigenvalue weighted by atomic mass is 10.2.